The maximum absolute atomic E-state index is 6.03. The molecule has 1 N–H and O–H groups in total. The predicted octanol–water partition coefficient (Wildman–Crippen LogP) is 3.41. The van der Waals surface area contributed by atoms with E-state index < -0.39 is 0 Å². The molecule has 0 amide bonds. The van der Waals surface area contributed by atoms with Crippen molar-refractivity contribution < 1.29 is 4.74 Å². The quantitative estimate of drug-likeness (QED) is 0.767. The zero-order valence-corrected chi connectivity index (χ0v) is 12.2. The van der Waals surface area contributed by atoms with Crippen LogP contribution in [0.5, 0.6) is 0 Å². The Morgan fingerprint density at radius 1 is 1.19 bits per heavy atom. The topological polar surface area (TPSA) is 21.3 Å². The summed E-state index contributed by atoms with van der Waals surface area (Å²) in [6.45, 7) is 8.68. The average molecular weight is 245 g/mol. The van der Waals surface area contributed by atoms with Gasteiger partial charge < -0.3 is 10.1 Å². The molecular formula is C13H27NOS. The molecule has 1 fully saturated rings. The second-order valence-corrected chi connectivity index (χ2v) is 6.93. The zero-order chi connectivity index (χ0) is 12.2. The summed E-state index contributed by atoms with van der Waals surface area (Å²) in [7, 11) is 0. The van der Waals surface area contributed by atoms with E-state index in [1.165, 1.54) is 25.7 Å². The number of hydrogen-bond donors (Lipinski definition) is 1. The van der Waals surface area contributed by atoms with Crippen LogP contribution in [-0.4, -0.2) is 29.4 Å². The molecule has 0 aromatic rings. The molecule has 0 radical (unpaired) electrons. The first-order valence-corrected chi connectivity index (χ1v) is 7.66. The van der Waals surface area contributed by atoms with Crippen LogP contribution in [0.15, 0.2) is 0 Å². The summed E-state index contributed by atoms with van der Waals surface area (Å²) in [5.74, 6) is 0. The van der Waals surface area contributed by atoms with Crippen molar-refractivity contribution in [3.8, 4) is 0 Å². The summed E-state index contributed by atoms with van der Waals surface area (Å²) in [4.78, 5) is 0. The molecular weight excluding hydrogens is 218 g/mol. The SMILES string of the molecule is CSC(C)N[C@H]1CC[C@@H](OC(C)(C)C)CC1. The van der Waals surface area contributed by atoms with E-state index in [-0.39, 0.29) is 5.60 Å². The first kappa shape index (κ1) is 14.3. The second kappa shape index (κ2) is 6.27. The van der Waals surface area contributed by atoms with E-state index in [4.69, 9.17) is 4.74 Å². The van der Waals surface area contributed by atoms with E-state index in [2.05, 4.69) is 39.3 Å². The minimum atomic E-state index is 0.0114. The molecule has 0 aliphatic heterocycles. The normalized spacial score (nSPS) is 29.1. The fourth-order valence-electron chi connectivity index (χ4n) is 2.25. The minimum absolute atomic E-state index is 0.0114. The summed E-state index contributed by atoms with van der Waals surface area (Å²) < 4.78 is 6.03. The third-order valence-corrected chi connectivity index (χ3v) is 3.86. The van der Waals surface area contributed by atoms with Gasteiger partial charge >= 0.3 is 0 Å². The molecule has 0 aromatic carbocycles. The molecule has 0 spiro atoms. The van der Waals surface area contributed by atoms with Gasteiger partial charge in [0, 0.05) is 6.04 Å². The fraction of sp³-hybridized carbons (Fsp3) is 1.00. The maximum atomic E-state index is 6.03. The number of rotatable bonds is 4. The summed E-state index contributed by atoms with van der Waals surface area (Å²) in [5, 5.41) is 4.23. The van der Waals surface area contributed by atoms with Crippen LogP contribution in [-0.2, 0) is 4.74 Å². The first-order chi connectivity index (χ1) is 7.40. The molecule has 1 rings (SSSR count). The van der Waals surface area contributed by atoms with Gasteiger partial charge in [-0.2, -0.15) is 0 Å². The minimum Gasteiger partial charge on any atom is -0.373 e. The van der Waals surface area contributed by atoms with E-state index >= 15 is 0 Å². The molecule has 0 heterocycles. The zero-order valence-electron chi connectivity index (χ0n) is 11.4. The molecule has 0 aromatic heterocycles. The van der Waals surface area contributed by atoms with Crippen LogP contribution < -0.4 is 5.32 Å². The second-order valence-electron chi connectivity index (χ2n) is 5.75. The molecule has 1 atom stereocenters. The highest BCUT2D eigenvalue weighted by Crippen LogP contribution is 2.25. The van der Waals surface area contributed by atoms with Crippen molar-refractivity contribution in [1.29, 1.82) is 0 Å². The lowest BCUT2D eigenvalue weighted by molar-refractivity contribution is -0.0759. The smallest absolute Gasteiger partial charge is 0.0602 e. The van der Waals surface area contributed by atoms with Crippen LogP contribution in [0.3, 0.4) is 0 Å². The Bertz CT molecular complexity index is 195. The van der Waals surface area contributed by atoms with Crippen LogP contribution in [0.4, 0.5) is 0 Å². The number of thioether (sulfide) groups is 1. The van der Waals surface area contributed by atoms with Gasteiger partial charge in [-0.3, -0.25) is 0 Å². The van der Waals surface area contributed by atoms with Crippen molar-refractivity contribution in [1.82, 2.24) is 5.32 Å². The van der Waals surface area contributed by atoms with E-state index in [0.717, 1.165) is 0 Å². The maximum Gasteiger partial charge on any atom is 0.0602 e. The van der Waals surface area contributed by atoms with Crippen LogP contribution in [0.25, 0.3) is 0 Å². The monoisotopic (exact) mass is 245 g/mol. The lowest BCUT2D eigenvalue weighted by Gasteiger charge is -2.34. The molecule has 96 valence electrons. The van der Waals surface area contributed by atoms with Gasteiger partial charge in [0.1, 0.15) is 0 Å². The molecule has 0 bridgehead atoms. The number of hydrogen-bond acceptors (Lipinski definition) is 3. The Labute approximate surface area is 105 Å². The summed E-state index contributed by atoms with van der Waals surface area (Å²) in [6, 6.07) is 0.697. The van der Waals surface area contributed by atoms with Gasteiger partial charge in [0.2, 0.25) is 0 Å². The van der Waals surface area contributed by atoms with Gasteiger partial charge in [-0.25, -0.2) is 0 Å². The van der Waals surface area contributed by atoms with E-state index in [1.807, 2.05) is 11.8 Å². The lowest BCUT2D eigenvalue weighted by atomic mass is 9.92. The van der Waals surface area contributed by atoms with E-state index in [9.17, 15) is 0 Å². The Kier molecular flexibility index (Phi) is 5.62. The van der Waals surface area contributed by atoms with Gasteiger partial charge in [0.05, 0.1) is 17.1 Å². The molecule has 1 aliphatic rings. The third kappa shape index (κ3) is 5.55. The molecule has 2 nitrogen and oxygen atoms in total. The van der Waals surface area contributed by atoms with Gasteiger partial charge in [-0.15, -0.1) is 11.8 Å². The van der Waals surface area contributed by atoms with Gasteiger partial charge in [0.15, 0.2) is 0 Å². The standard InChI is InChI=1S/C13H27NOS/c1-10(16-5)14-11-6-8-12(9-7-11)15-13(2,3)4/h10-12,14H,6-9H2,1-5H3/t10?,11-,12+. The molecule has 16 heavy (non-hydrogen) atoms. The van der Waals surface area contributed by atoms with E-state index in [0.29, 0.717) is 17.5 Å². The predicted molar refractivity (Wildman–Crippen MR) is 73.0 cm³/mol. The number of nitrogens with one attached hydrogen (secondary N) is 1. The average Bonchev–Trinajstić information content (AvgIpc) is 2.18. The van der Waals surface area contributed by atoms with Gasteiger partial charge in [-0.1, -0.05) is 0 Å². The van der Waals surface area contributed by atoms with E-state index in [1.54, 1.807) is 0 Å². The van der Waals surface area contributed by atoms with Crippen molar-refractivity contribution in [2.75, 3.05) is 6.26 Å². The number of ether oxygens (including phenoxy) is 1. The summed E-state index contributed by atoms with van der Waals surface area (Å²) >= 11 is 1.89. The van der Waals surface area contributed by atoms with Gasteiger partial charge in [-0.05, 0) is 59.6 Å². The third-order valence-electron chi connectivity index (χ3n) is 3.02. The summed E-state index contributed by atoms with van der Waals surface area (Å²) in [5.41, 5.74) is 0.0114. The molecule has 1 saturated carbocycles. The molecule has 1 aliphatic carbocycles. The van der Waals surface area contributed by atoms with Crippen LogP contribution in [0.2, 0.25) is 0 Å². The Hall–Kier alpha value is 0.270. The first-order valence-electron chi connectivity index (χ1n) is 6.37. The highest BCUT2D eigenvalue weighted by molar-refractivity contribution is 7.99. The molecule has 3 heteroatoms. The fourth-order valence-corrected chi connectivity index (χ4v) is 2.58. The molecule has 0 saturated heterocycles. The Morgan fingerprint density at radius 3 is 2.19 bits per heavy atom. The van der Waals surface area contributed by atoms with Crippen molar-refractivity contribution >= 4 is 11.8 Å². The molecule has 1 unspecified atom stereocenters. The van der Waals surface area contributed by atoms with Crippen LogP contribution >= 0.6 is 11.8 Å². The van der Waals surface area contributed by atoms with Crippen LogP contribution in [0.1, 0.15) is 53.4 Å². The largest absolute Gasteiger partial charge is 0.373 e. The van der Waals surface area contributed by atoms with Gasteiger partial charge in [0.25, 0.3) is 0 Å². The van der Waals surface area contributed by atoms with Crippen molar-refractivity contribution in [2.24, 2.45) is 0 Å². The van der Waals surface area contributed by atoms with Crippen LogP contribution in [0, 0.1) is 0 Å². The highest BCUT2D eigenvalue weighted by atomic mass is 32.2. The Morgan fingerprint density at radius 2 is 1.75 bits per heavy atom. The van der Waals surface area contributed by atoms with Crippen molar-refractivity contribution in [3.63, 3.8) is 0 Å². The summed E-state index contributed by atoms with van der Waals surface area (Å²) in [6.07, 6.45) is 7.55. The highest BCUT2D eigenvalue weighted by Gasteiger charge is 2.25. The van der Waals surface area contributed by atoms with Crippen molar-refractivity contribution in [2.45, 2.75) is 76.5 Å². The Balaban J connectivity index is 2.23. The van der Waals surface area contributed by atoms with Crippen molar-refractivity contribution in [3.05, 3.63) is 0 Å². The lowest BCUT2D eigenvalue weighted by Crippen LogP contribution is -2.40.